The van der Waals surface area contributed by atoms with Crippen molar-refractivity contribution >= 4 is 5.97 Å². The van der Waals surface area contributed by atoms with Gasteiger partial charge in [-0.05, 0) is 6.07 Å². The van der Waals surface area contributed by atoms with Gasteiger partial charge in [0.1, 0.15) is 0 Å². The Hall–Kier alpha value is -1.35. The lowest BCUT2D eigenvalue weighted by Crippen LogP contribution is -2.00. The number of methoxy groups -OCH3 is 1. The predicted molar refractivity (Wildman–Crippen MR) is 41.2 cm³/mol. The first-order valence-electron chi connectivity index (χ1n) is 3.55. The zero-order valence-electron chi connectivity index (χ0n) is 6.53. The van der Waals surface area contributed by atoms with Gasteiger partial charge in [0.25, 0.3) is 0 Å². The maximum absolute atomic E-state index is 11.1. The van der Waals surface area contributed by atoms with Crippen LogP contribution in [-0.4, -0.2) is 13.1 Å². The van der Waals surface area contributed by atoms with Crippen molar-refractivity contribution in [3.8, 4) is 0 Å². The molecule has 0 N–H and O–H groups in total. The number of rotatable bonds is 1. The fourth-order valence-electron chi connectivity index (χ4n) is 1.18. The molecule has 12 heavy (non-hydrogen) atoms. The third-order valence-corrected chi connectivity index (χ3v) is 1.74. The Morgan fingerprint density at radius 3 is 2.58 bits per heavy atom. The fraction of sp³-hybridized carbons (Fsp3) is 0.111. The standard InChI is InChI=1S/C9H7O3/c1-11-9-7-5-3-2-4-6(7)8(10)12-9/h2-5H,1H3. The Balaban J connectivity index is 2.50. The number of ether oxygens (including phenoxy) is 2. The molecule has 1 aliphatic heterocycles. The first-order valence-corrected chi connectivity index (χ1v) is 3.55. The molecule has 1 aromatic carbocycles. The number of hydrogen-bond acceptors (Lipinski definition) is 3. The first-order chi connectivity index (χ1) is 5.83. The zero-order valence-corrected chi connectivity index (χ0v) is 6.53. The lowest BCUT2D eigenvalue weighted by molar-refractivity contribution is 0.0156. The molecule has 0 saturated carbocycles. The average Bonchev–Trinajstić information content (AvgIpc) is 2.44. The van der Waals surface area contributed by atoms with Crippen molar-refractivity contribution in [1.29, 1.82) is 0 Å². The second kappa shape index (κ2) is 2.60. The summed E-state index contributed by atoms with van der Waals surface area (Å²) < 4.78 is 9.72. The van der Waals surface area contributed by atoms with Gasteiger partial charge in [0, 0.05) is 12.7 Å². The molecule has 0 unspecified atom stereocenters. The maximum atomic E-state index is 11.1. The molecule has 0 amide bonds. The Kier molecular flexibility index (Phi) is 1.59. The molecule has 1 aliphatic rings. The summed E-state index contributed by atoms with van der Waals surface area (Å²) in [6.07, 6.45) is 0.288. The van der Waals surface area contributed by atoms with Gasteiger partial charge in [0.15, 0.2) is 0 Å². The van der Waals surface area contributed by atoms with Crippen LogP contribution in [0.1, 0.15) is 15.9 Å². The quantitative estimate of drug-likeness (QED) is 0.586. The highest BCUT2D eigenvalue weighted by atomic mass is 16.7. The molecule has 0 fully saturated rings. The Morgan fingerprint density at radius 2 is 1.92 bits per heavy atom. The monoisotopic (exact) mass is 163 g/mol. The fourth-order valence-corrected chi connectivity index (χ4v) is 1.18. The molecule has 1 heterocycles. The second-order valence-corrected chi connectivity index (χ2v) is 2.43. The molecule has 0 aliphatic carbocycles. The molecule has 0 bridgehead atoms. The third-order valence-electron chi connectivity index (χ3n) is 1.74. The molecule has 1 radical (unpaired) electrons. The molecule has 0 saturated heterocycles. The van der Waals surface area contributed by atoms with Crippen LogP contribution in [0.3, 0.4) is 0 Å². The number of esters is 1. The number of fused-ring (bicyclic) bond motifs is 1. The van der Waals surface area contributed by atoms with E-state index < -0.39 is 0 Å². The molecular weight excluding hydrogens is 156 g/mol. The van der Waals surface area contributed by atoms with Gasteiger partial charge in [0.05, 0.1) is 5.56 Å². The van der Waals surface area contributed by atoms with E-state index in [1.165, 1.54) is 7.11 Å². The third kappa shape index (κ3) is 0.905. The molecule has 3 heteroatoms. The van der Waals surface area contributed by atoms with Crippen LogP contribution in [0.4, 0.5) is 0 Å². The van der Waals surface area contributed by atoms with E-state index in [0.717, 1.165) is 5.56 Å². The van der Waals surface area contributed by atoms with Crippen molar-refractivity contribution in [2.24, 2.45) is 0 Å². The van der Waals surface area contributed by atoms with E-state index in [9.17, 15) is 4.79 Å². The highest BCUT2D eigenvalue weighted by molar-refractivity contribution is 5.95. The average molecular weight is 163 g/mol. The summed E-state index contributed by atoms with van der Waals surface area (Å²) in [5, 5.41) is 0. The maximum Gasteiger partial charge on any atom is 0.341 e. The van der Waals surface area contributed by atoms with E-state index in [2.05, 4.69) is 0 Å². The summed E-state index contributed by atoms with van der Waals surface area (Å²) in [5.41, 5.74) is 1.29. The van der Waals surface area contributed by atoms with Crippen molar-refractivity contribution in [2.45, 2.75) is 0 Å². The van der Waals surface area contributed by atoms with E-state index >= 15 is 0 Å². The van der Waals surface area contributed by atoms with E-state index in [1.807, 2.05) is 6.07 Å². The van der Waals surface area contributed by atoms with E-state index in [1.54, 1.807) is 18.2 Å². The second-order valence-electron chi connectivity index (χ2n) is 2.43. The summed E-state index contributed by atoms with van der Waals surface area (Å²) in [6.45, 7) is 0. The first kappa shape index (κ1) is 7.31. The minimum absolute atomic E-state index is 0.288. The molecule has 61 valence electrons. The van der Waals surface area contributed by atoms with Crippen LogP contribution in [0.5, 0.6) is 0 Å². The van der Waals surface area contributed by atoms with Crippen LogP contribution in [-0.2, 0) is 9.47 Å². The summed E-state index contributed by atoms with van der Waals surface area (Å²) in [7, 11) is 1.48. The van der Waals surface area contributed by atoms with Gasteiger partial charge in [-0.3, -0.25) is 0 Å². The van der Waals surface area contributed by atoms with Gasteiger partial charge in [-0.15, -0.1) is 0 Å². The molecule has 2 rings (SSSR count). The van der Waals surface area contributed by atoms with Crippen LogP contribution >= 0.6 is 0 Å². The highest BCUT2D eigenvalue weighted by Crippen LogP contribution is 2.29. The van der Waals surface area contributed by atoms with Gasteiger partial charge < -0.3 is 9.47 Å². The topological polar surface area (TPSA) is 35.5 Å². The Labute approximate surface area is 69.9 Å². The van der Waals surface area contributed by atoms with Crippen molar-refractivity contribution in [3.05, 3.63) is 41.7 Å². The van der Waals surface area contributed by atoms with Gasteiger partial charge in [-0.25, -0.2) is 4.79 Å². The van der Waals surface area contributed by atoms with Crippen molar-refractivity contribution in [1.82, 2.24) is 0 Å². The van der Waals surface area contributed by atoms with Gasteiger partial charge in [-0.1, -0.05) is 18.2 Å². The van der Waals surface area contributed by atoms with Crippen LogP contribution in [0, 0.1) is 6.29 Å². The lowest BCUT2D eigenvalue weighted by atomic mass is 10.1. The predicted octanol–water partition coefficient (Wildman–Crippen LogP) is 1.34. The van der Waals surface area contributed by atoms with Gasteiger partial charge in [-0.2, -0.15) is 0 Å². The van der Waals surface area contributed by atoms with Crippen LogP contribution in [0.15, 0.2) is 24.3 Å². The summed E-state index contributed by atoms with van der Waals surface area (Å²) in [6, 6.07) is 7.13. The smallest absolute Gasteiger partial charge is 0.341 e. The number of carbonyl (C=O) groups excluding carboxylic acids is 1. The van der Waals surface area contributed by atoms with Crippen molar-refractivity contribution < 1.29 is 14.3 Å². The van der Waals surface area contributed by atoms with Crippen molar-refractivity contribution in [2.75, 3.05) is 7.11 Å². The Morgan fingerprint density at radius 1 is 1.25 bits per heavy atom. The summed E-state index contributed by atoms with van der Waals surface area (Å²) in [4.78, 5) is 11.1. The SMILES string of the molecule is CO[C]1OC(=O)c2ccccc21. The molecular formula is C9H7O3. The number of cyclic esters (lactones) is 1. The normalized spacial score (nSPS) is 15.9. The van der Waals surface area contributed by atoms with Gasteiger partial charge in [0.2, 0.25) is 0 Å². The minimum Gasteiger partial charge on any atom is -0.417 e. The molecule has 0 spiro atoms. The molecule has 1 aromatic rings. The highest BCUT2D eigenvalue weighted by Gasteiger charge is 2.32. The largest absolute Gasteiger partial charge is 0.417 e. The van der Waals surface area contributed by atoms with Crippen LogP contribution in [0.25, 0.3) is 0 Å². The van der Waals surface area contributed by atoms with E-state index in [0.29, 0.717) is 5.56 Å². The van der Waals surface area contributed by atoms with Crippen LogP contribution < -0.4 is 0 Å². The number of benzene rings is 1. The molecule has 0 aromatic heterocycles. The summed E-state index contributed by atoms with van der Waals surface area (Å²) in [5.74, 6) is -0.345. The molecule has 0 atom stereocenters. The van der Waals surface area contributed by atoms with Crippen LogP contribution in [0.2, 0.25) is 0 Å². The number of carbonyl (C=O) groups is 1. The number of hydrogen-bond donors (Lipinski definition) is 0. The molecule has 3 nitrogen and oxygen atoms in total. The van der Waals surface area contributed by atoms with Gasteiger partial charge >= 0.3 is 12.3 Å². The Bertz CT molecular complexity index is 319. The minimum atomic E-state index is -0.345. The van der Waals surface area contributed by atoms with Crippen molar-refractivity contribution in [3.63, 3.8) is 0 Å². The van der Waals surface area contributed by atoms with E-state index in [-0.39, 0.29) is 12.3 Å². The van der Waals surface area contributed by atoms with E-state index in [4.69, 9.17) is 9.47 Å². The zero-order chi connectivity index (χ0) is 8.55. The summed E-state index contributed by atoms with van der Waals surface area (Å²) >= 11 is 0. The lowest BCUT2D eigenvalue weighted by Gasteiger charge is -2.03.